The number of benzene rings is 1. The van der Waals surface area contributed by atoms with Crippen molar-refractivity contribution in [2.24, 2.45) is 0 Å². The second kappa shape index (κ2) is 6.13. The number of rotatable bonds is 3. The van der Waals surface area contributed by atoms with Gasteiger partial charge in [0.1, 0.15) is 5.82 Å². The largest absolute Gasteiger partial charge is 0.378 e. The third kappa shape index (κ3) is 2.80. The first-order valence-electron chi connectivity index (χ1n) is 8.17. The normalized spacial score (nSPS) is 15.0. The van der Waals surface area contributed by atoms with Crippen molar-refractivity contribution in [3.8, 4) is 11.3 Å². The van der Waals surface area contributed by atoms with E-state index in [9.17, 15) is 0 Å². The van der Waals surface area contributed by atoms with Gasteiger partial charge in [-0.3, -0.25) is 4.40 Å². The Bertz CT molecular complexity index is 834. The van der Waals surface area contributed by atoms with Gasteiger partial charge < -0.3 is 14.5 Å². The van der Waals surface area contributed by atoms with E-state index in [1.54, 1.807) is 0 Å². The minimum atomic E-state index is 0.716. The fourth-order valence-corrected chi connectivity index (χ4v) is 2.92. The summed E-state index contributed by atoms with van der Waals surface area (Å²) in [6.07, 6.45) is 4.02. The van der Waals surface area contributed by atoms with Gasteiger partial charge in [-0.15, -0.1) is 0 Å². The molecule has 0 aliphatic carbocycles. The molecule has 0 spiro atoms. The van der Waals surface area contributed by atoms with Crippen molar-refractivity contribution < 1.29 is 4.74 Å². The summed E-state index contributed by atoms with van der Waals surface area (Å²) in [5, 5.41) is 0. The maximum atomic E-state index is 5.41. The Hall–Kier alpha value is -2.60. The maximum Gasteiger partial charge on any atom is 0.236 e. The molecule has 0 radical (unpaired) electrons. The average molecular weight is 323 g/mol. The van der Waals surface area contributed by atoms with Crippen LogP contribution in [-0.2, 0) is 4.74 Å². The Morgan fingerprint density at radius 2 is 1.75 bits per heavy atom. The summed E-state index contributed by atoms with van der Waals surface area (Å²) in [5.74, 6) is 1.62. The van der Waals surface area contributed by atoms with E-state index >= 15 is 0 Å². The molecule has 3 aromatic rings. The highest BCUT2D eigenvalue weighted by Crippen LogP contribution is 2.23. The van der Waals surface area contributed by atoms with Crippen LogP contribution in [0.2, 0.25) is 0 Å². The van der Waals surface area contributed by atoms with Crippen LogP contribution in [0.3, 0.4) is 0 Å². The highest BCUT2D eigenvalue weighted by atomic mass is 16.5. The van der Waals surface area contributed by atoms with Crippen LogP contribution in [0.1, 0.15) is 0 Å². The summed E-state index contributed by atoms with van der Waals surface area (Å²) >= 11 is 0. The molecule has 0 atom stereocenters. The zero-order chi connectivity index (χ0) is 16.5. The van der Waals surface area contributed by atoms with Crippen LogP contribution in [0.5, 0.6) is 0 Å². The van der Waals surface area contributed by atoms with Crippen molar-refractivity contribution in [1.82, 2.24) is 14.4 Å². The van der Waals surface area contributed by atoms with E-state index in [4.69, 9.17) is 4.74 Å². The number of ether oxygens (including phenoxy) is 1. The average Bonchev–Trinajstić information content (AvgIpc) is 3.06. The highest BCUT2D eigenvalue weighted by Gasteiger charge is 2.12. The third-order valence-corrected chi connectivity index (χ3v) is 4.31. The number of hydrogen-bond acceptors (Lipinski definition) is 5. The molecular formula is C18H21N5O. The zero-order valence-corrected chi connectivity index (χ0v) is 14.0. The lowest BCUT2D eigenvalue weighted by atomic mass is 10.1. The summed E-state index contributed by atoms with van der Waals surface area (Å²) in [6, 6.07) is 10.5. The van der Waals surface area contributed by atoms with Gasteiger partial charge in [-0.2, -0.15) is 4.98 Å². The van der Waals surface area contributed by atoms with E-state index in [0.717, 1.165) is 43.4 Å². The number of nitrogens with zero attached hydrogens (tertiary/aromatic N) is 5. The first-order valence-corrected chi connectivity index (χ1v) is 8.17. The summed E-state index contributed by atoms with van der Waals surface area (Å²) < 4.78 is 7.37. The highest BCUT2D eigenvalue weighted by molar-refractivity contribution is 5.65. The summed E-state index contributed by atoms with van der Waals surface area (Å²) in [7, 11) is 3.96. The van der Waals surface area contributed by atoms with E-state index in [-0.39, 0.29) is 0 Å². The molecule has 6 nitrogen and oxygen atoms in total. The molecule has 0 N–H and O–H groups in total. The second-order valence-electron chi connectivity index (χ2n) is 6.16. The molecule has 124 valence electrons. The lowest BCUT2D eigenvalue weighted by Gasteiger charge is -2.28. The van der Waals surface area contributed by atoms with Crippen molar-refractivity contribution >= 4 is 17.3 Å². The SMILES string of the molecule is CN(C)c1ccn2cc(-c3ccc(N4CCOCC4)cc3)nc2n1. The van der Waals surface area contributed by atoms with Gasteiger partial charge in [-0.25, -0.2) is 4.98 Å². The molecule has 1 aliphatic rings. The van der Waals surface area contributed by atoms with Gasteiger partial charge >= 0.3 is 0 Å². The van der Waals surface area contributed by atoms with Crippen LogP contribution in [0.25, 0.3) is 17.0 Å². The predicted octanol–water partition coefficient (Wildman–Crippen LogP) is 2.30. The Labute approximate surface area is 141 Å². The van der Waals surface area contributed by atoms with Crippen molar-refractivity contribution in [2.45, 2.75) is 0 Å². The minimum absolute atomic E-state index is 0.716. The number of imidazole rings is 1. The van der Waals surface area contributed by atoms with Crippen molar-refractivity contribution in [2.75, 3.05) is 50.2 Å². The number of anilines is 2. The van der Waals surface area contributed by atoms with Crippen LogP contribution >= 0.6 is 0 Å². The first kappa shape index (κ1) is 15.0. The van der Waals surface area contributed by atoms with Crippen LogP contribution in [0, 0.1) is 0 Å². The van der Waals surface area contributed by atoms with E-state index in [1.165, 1.54) is 5.69 Å². The van der Waals surface area contributed by atoms with Crippen LogP contribution in [0.4, 0.5) is 11.5 Å². The van der Waals surface area contributed by atoms with Gasteiger partial charge in [0.2, 0.25) is 5.78 Å². The molecule has 6 heteroatoms. The van der Waals surface area contributed by atoms with Crippen LogP contribution < -0.4 is 9.80 Å². The topological polar surface area (TPSA) is 45.9 Å². The van der Waals surface area contributed by atoms with Crippen LogP contribution in [0.15, 0.2) is 42.7 Å². The number of fused-ring (bicyclic) bond motifs is 1. The molecule has 0 unspecified atom stereocenters. The third-order valence-electron chi connectivity index (χ3n) is 4.31. The molecule has 1 aromatic carbocycles. The summed E-state index contributed by atoms with van der Waals surface area (Å²) in [6.45, 7) is 3.50. The van der Waals surface area contributed by atoms with Crippen molar-refractivity contribution in [1.29, 1.82) is 0 Å². The molecule has 0 bridgehead atoms. The Balaban J connectivity index is 1.62. The Morgan fingerprint density at radius 3 is 2.46 bits per heavy atom. The Morgan fingerprint density at radius 1 is 1.00 bits per heavy atom. The van der Waals surface area contributed by atoms with E-state index in [0.29, 0.717) is 5.78 Å². The lowest BCUT2D eigenvalue weighted by molar-refractivity contribution is 0.122. The molecule has 0 saturated carbocycles. The fraction of sp³-hybridized carbons (Fsp3) is 0.333. The maximum absolute atomic E-state index is 5.41. The van der Waals surface area contributed by atoms with Gasteiger partial charge in [0.15, 0.2) is 0 Å². The smallest absolute Gasteiger partial charge is 0.236 e. The molecule has 1 aliphatic heterocycles. The molecule has 0 amide bonds. The standard InChI is InChI=1S/C18H21N5O/c1-21(2)17-7-8-23-13-16(19-18(23)20-17)14-3-5-15(6-4-14)22-9-11-24-12-10-22/h3-8,13H,9-12H2,1-2H3. The molecule has 1 saturated heterocycles. The Kier molecular flexibility index (Phi) is 3.82. The van der Waals surface area contributed by atoms with E-state index < -0.39 is 0 Å². The summed E-state index contributed by atoms with van der Waals surface area (Å²) in [4.78, 5) is 13.6. The molecule has 2 aromatic heterocycles. The quantitative estimate of drug-likeness (QED) is 0.740. The number of morpholine rings is 1. The zero-order valence-electron chi connectivity index (χ0n) is 14.0. The second-order valence-corrected chi connectivity index (χ2v) is 6.16. The predicted molar refractivity (Wildman–Crippen MR) is 95.8 cm³/mol. The molecule has 3 heterocycles. The monoisotopic (exact) mass is 323 g/mol. The first-order chi connectivity index (χ1) is 11.7. The molecule has 24 heavy (non-hydrogen) atoms. The van der Waals surface area contributed by atoms with Gasteiger partial charge in [-0.1, -0.05) is 12.1 Å². The molecule has 4 rings (SSSR count). The number of hydrogen-bond donors (Lipinski definition) is 0. The van der Waals surface area contributed by atoms with E-state index in [2.05, 4.69) is 39.1 Å². The van der Waals surface area contributed by atoms with Crippen molar-refractivity contribution in [3.63, 3.8) is 0 Å². The van der Waals surface area contributed by atoms with Gasteiger partial charge in [0, 0.05) is 50.8 Å². The van der Waals surface area contributed by atoms with Gasteiger partial charge in [0.05, 0.1) is 18.9 Å². The van der Waals surface area contributed by atoms with Gasteiger partial charge in [0.25, 0.3) is 0 Å². The molecule has 1 fully saturated rings. The van der Waals surface area contributed by atoms with Crippen molar-refractivity contribution in [3.05, 3.63) is 42.7 Å². The number of aromatic nitrogens is 3. The lowest BCUT2D eigenvalue weighted by Crippen LogP contribution is -2.36. The van der Waals surface area contributed by atoms with Crippen LogP contribution in [-0.4, -0.2) is 54.8 Å². The van der Waals surface area contributed by atoms with E-state index in [1.807, 2.05) is 41.9 Å². The molecular weight excluding hydrogens is 302 g/mol. The van der Waals surface area contributed by atoms with Gasteiger partial charge in [-0.05, 0) is 18.2 Å². The fourth-order valence-electron chi connectivity index (χ4n) is 2.92. The summed E-state index contributed by atoms with van der Waals surface area (Å²) in [5.41, 5.74) is 3.27. The minimum Gasteiger partial charge on any atom is -0.378 e.